The van der Waals surface area contributed by atoms with Gasteiger partial charge in [-0.05, 0) is 43.0 Å². The van der Waals surface area contributed by atoms with E-state index in [2.05, 4.69) is 6.92 Å². The highest BCUT2D eigenvalue weighted by atomic mass is 35.5. The average Bonchev–Trinajstić information content (AvgIpc) is 2.72. The van der Waals surface area contributed by atoms with Gasteiger partial charge in [-0.1, -0.05) is 74.2 Å². The van der Waals surface area contributed by atoms with E-state index in [1.807, 2.05) is 55.5 Å². The van der Waals surface area contributed by atoms with E-state index in [1.165, 1.54) is 12.8 Å². The summed E-state index contributed by atoms with van der Waals surface area (Å²) < 4.78 is 11.4. The molecule has 0 spiro atoms. The van der Waals surface area contributed by atoms with E-state index < -0.39 is 0 Å². The van der Waals surface area contributed by atoms with Crippen LogP contribution in [0.4, 0.5) is 0 Å². The zero-order chi connectivity index (χ0) is 20.6. The molecule has 0 saturated heterocycles. The number of benzene rings is 2. The quantitative estimate of drug-likeness (QED) is 0.282. The van der Waals surface area contributed by atoms with Crippen LogP contribution in [0.2, 0.25) is 5.02 Å². The van der Waals surface area contributed by atoms with Crippen molar-refractivity contribution in [3.05, 3.63) is 80.7 Å². The highest BCUT2D eigenvalue weighted by molar-refractivity contribution is 6.32. The first-order valence-electron chi connectivity index (χ1n) is 10.2. The molecule has 3 aromatic rings. The molecule has 0 amide bonds. The van der Waals surface area contributed by atoms with Gasteiger partial charge in [0.05, 0.1) is 5.02 Å². The summed E-state index contributed by atoms with van der Waals surface area (Å²) in [6, 6.07) is 13.6. The molecule has 3 rings (SSSR count). The number of halogens is 1. The lowest BCUT2D eigenvalue weighted by molar-refractivity contribution is 0.363. The lowest BCUT2D eigenvalue weighted by Gasteiger charge is -2.11. The van der Waals surface area contributed by atoms with Crippen LogP contribution in [0.5, 0.6) is 5.75 Å². The smallest absolute Gasteiger partial charge is 0.339 e. The molecule has 1 heterocycles. The highest BCUT2D eigenvalue weighted by Gasteiger charge is 2.14. The number of hydrogen-bond acceptors (Lipinski definition) is 3. The van der Waals surface area contributed by atoms with Gasteiger partial charge in [0.15, 0.2) is 0 Å². The molecule has 1 aromatic heterocycles. The summed E-state index contributed by atoms with van der Waals surface area (Å²) in [5.74, 6) is 0.509. The maximum Gasteiger partial charge on any atom is 0.339 e. The second kappa shape index (κ2) is 10.3. The normalized spacial score (nSPS) is 11.4. The molecule has 0 aliphatic heterocycles. The van der Waals surface area contributed by atoms with Crippen molar-refractivity contribution in [3.8, 4) is 5.75 Å². The summed E-state index contributed by atoms with van der Waals surface area (Å²) in [5, 5.41) is 1.38. The van der Waals surface area contributed by atoms with Crippen molar-refractivity contribution in [3.63, 3.8) is 0 Å². The fraction of sp³-hybridized carbons (Fsp3) is 0.320. The molecule has 0 atom stereocenters. The Bertz CT molecular complexity index is 1040. The molecule has 0 bridgehead atoms. The number of fused-ring (bicyclic) bond motifs is 1. The average molecular weight is 411 g/mol. The van der Waals surface area contributed by atoms with Gasteiger partial charge in [0.25, 0.3) is 0 Å². The maximum absolute atomic E-state index is 12.5. The number of aryl methyl sites for hydroxylation is 1. The predicted molar refractivity (Wildman–Crippen MR) is 121 cm³/mol. The van der Waals surface area contributed by atoms with Crippen molar-refractivity contribution in [2.45, 2.75) is 46.0 Å². The van der Waals surface area contributed by atoms with Crippen LogP contribution in [0.25, 0.3) is 17.0 Å². The minimum absolute atomic E-state index is 0.260. The van der Waals surface area contributed by atoms with Crippen LogP contribution in [-0.4, -0.2) is 6.61 Å². The fourth-order valence-electron chi connectivity index (χ4n) is 3.40. The minimum atomic E-state index is -0.260. The van der Waals surface area contributed by atoms with Crippen LogP contribution in [-0.2, 0) is 6.42 Å². The molecular formula is C25H27ClO3. The summed E-state index contributed by atoms with van der Waals surface area (Å²) >= 11 is 6.44. The van der Waals surface area contributed by atoms with Crippen LogP contribution in [0.1, 0.15) is 49.3 Å². The van der Waals surface area contributed by atoms with Crippen LogP contribution in [0.15, 0.2) is 57.8 Å². The third kappa shape index (κ3) is 5.51. The number of unbranched alkanes of at least 4 members (excludes halogenated alkanes) is 3. The van der Waals surface area contributed by atoms with Gasteiger partial charge in [0.2, 0.25) is 0 Å². The van der Waals surface area contributed by atoms with E-state index in [4.69, 9.17) is 20.8 Å². The van der Waals surface area contributed by atoms with Crippen molar-refractivity contribution in [2.24, 2.45) is 0 Å². The van der Waals surface area contributed by atoms with Gasteiger partial charge in [0, 0.05) is 17.0 Å². The van der Waals surface area contributed by atoms with Crippen molar-refractivity contribution in [1.29, 1.82) is 0 Å². The molecular weight excluding hydrogens is 384 g/mol. The van der Waals surface area contributed by atoms with Gasteiger partial charge in [-0.15, -0.1) is 0 Å². The molecule has 0 unspecified atom stereocenters. The molecule has 0 radical (unpaired) electrons. The van der Waals surface area contributed by atoms with E-state index >= 15 is 0 Å². The van der Waals surface area contributed by atoms with Gasteiger partial charge in [-0.3, -0.25) is 0 Å². The molecule has 29 heavy (non-hydrogen) atoms. The lowest BCUT2D eigenvalue weighted by atomic mass is 10.0. The summed E-state index contributed by atoms with van der Waals surface area (Å²) in [6.07, 6.45) is 9.13. The van der Waals surface area contributed by atoms with Gasteiger partial charge >= 0.3 is 5.63 Å². The van der Waals surface area contributed by atoms with E-state index in [-0.39, 0.29) is 5.63 Å². The molecule has 4 heteroatoms. The zero-order valence-corrected chi connectivity index (χ0v) is 17.8. The minimum Gasteiger partial charge on any atom is -0.488 e. The predicted octanol–water partition coefficient (Wildman–Crippen LogP) is 6.97. The first kappa shape index (κ1) is 21.2. The van der Waals surface area contributed by atoms with Crippen LogP contribution < -0.4 is 10.4 Å². The fourth-order valence-corrected chi connectivity index (χ4v) is 3.62. The second-order valence-electron chi connectivity index (χ2n) is 7.21. The SMILES string of the molecule is CCCCCCc1c(C)c2cc(Cl)c(OCC=Cc3ccccc3)cc2oc1=O. The number of rotatable bonds is 9. The summed E-state index contributed by atoms with van der Waals surface area (Å²) in [6.45, 7) is 4.52. The Labute approximate surface area is 177 Å². The molecule has 2 aromatic carbocycles. The summed E-state index contributed by atoms with van der Waals surface area (Å²) in [7, 11) is 0. The largest absolute Gasteiger partial charge is 0.488 e. The van der Waals surface area contributed by atoms with E-state index in [9.17, 15) is 4.79 Å². The van der Waals surface area contributed by atoms with Crippen molar-refractivity contribution in [2.75, 3.05) is 6.61 Å². The Morgan fingerprint density at radius 3 is 2.66 bits per heavy atom. The van der Waals surface area contributed by atoms with Crippen molar-refractivity contribution in [1.82, 2.24) is 0 Å². The first-order valence-corrected chi connectivity index (χ1v) is 10.6. The standard InChI is InChI=1S/C25H27ClO3/c1-3-4-5-9-14-20-18(2)21-16-22(26)24(17-23(21)29-25(20)27)28-15-10-13-19-11-7-6-8-12-19/h6-8,10-13,16-17H,3-5,9,14-15H2,1-2H3. The summed E-state index contributed by atoms with van der Waals surface area (Å²) in [4.78, 5) is 12.5. The van der Waals surface area contributed by atoms with E-state index in [1.54, 1.807) is 6.07 Å². The van der Waals surface area contributed by atoms with Gasteiger partial charge in [0.1, 0.15) is 17.9 Å². The van der Waals surface area contributed by atoms with Crippen LogP contribution in [0, 0.1) is 6.92 Å². The van der Waals surface area contributed by atoms with E-state index in [0.717, 1.165) is 41.3 Å². The molecule has 0 fully saturated rings. The number of ether oxygens (including phenoxy) is 1. The Hall–Kier alpha value is -2.52. The van der Waals surface area contributed by atoms with Crippen LogP contribution in [0.3, 0.4) is 0 Å². The van der Waals surface area contributed by atoms with Gasteiger partial charge < -0.3 is 9.15 Å². The first-order chi connectivity index (χ1) is 14.1. The molecule has 152 valence electrons. The van der Waals surface area contributed by atoms with E-state index in [0.29, 0.717) is 23.0 Å². The Balaban J connectivity index is 1.76. The topological polar surface area (TPSA) is 39.4 Å². The Kier molecular flexibility index (Phi) is 7.54. The van der Waals surface area contributed by atoms with Crippen molar-refractivity contribution >= 4 is 28.6 Å². The summed E-state index contributed by atoms with van der Waals surface area (Å²) in [5.41, 5.74) is 3.06. The lowest BCUT2D eigenvalue weighted by Crippen LogP contribution is -2.10. The molecule has 0 aliphatic carbocycles. The Morgan fingerprint density at radius 1 is 1.10 bits per heavy atom. The van der Waals surface area contributed by atoms with Crippen LogP contribution >= 0.6 is 11.6 Å². The molecule has 0 N–H and O–H groups in total. The zero-order valence-electron chi connectivity index (χ0n) is 17.0. The Morgan fingerprint density at radius 2 is 1.90 bits per heavy atom. The van der Waals surface area contributed by atoms with Gasteiger partial charge in [-0.2, -0.15) is 0 Å². The van der Waals surface area contributed by atoms with Crippen molar-refractivity contribution < 1.29 is 9.15 Å². The van der Waals surface area contributed by atoms with Gasteiger partial charge in [-0.25, -0.2) is 4.79 Å². The third-order valence-corrected chi connectivity index (χ3v) is 5.36. The molecule has 0 saturated carbocycles. The maximum atomic E-state index is 12.5. The monoisotopic (exact) mass is 410 g/mol. The molecule has 0 aliphatic rings. The number of hydrogen-bond donors (Lipinski definition) is 0. The highest BCUT2D eigenvalue weighted by Crippen LogP contribution is 2.32. The molecule has 3 nitrogen and oxygen atoms in total. The second-order valence-corrected chi connectivity index (χ2v) is 7.61. The third-order valence-electron chi connectivity index (χ3n) is 5.07.